The Morgan fingerprint density at radius 3 is 2.85 bits per heavy atom. The van der Waals surface area contributed by atoms with Crippen LogP contribution >= 0.6 is 0 Å². The summed E-state index contributed by atoms with van der Waals surface area (Å²) in [5.74, 6) is 2.39. The quantitative estimate of drug-likeness (QED) is 0.557. The molecule has 8 heteroatoms. The molecule has 3 N–H and O–H groups in total. The molecule has 0 saturated carbocycles. The zero-order valence-corrected chi connectivity index (χ0v) is 20.0. The zero-order chi connectivity index (χ0) is 23.2. The third-order valence-corrected chi connectivity index (χ3v) is 6.20. The van der Waals surface area contributed by atoms with Gasteiger partial charge in [-0.15, -0.1) is 0 Å². The number of anilines is 2. The van der Waals surface area contributed by atoms with E-state index in [2.05, 4.69) is 41.6 Å². The van der Waals surface area contributed by atoms with E-state index in [1.807, 2.05) is 24.3 Å². The van der Waals surface area contributed by atoms with Crippen molar-refractivity contribution in [3.05, 3.63) is 35.5 Å². The maximum Gasteiger partial charge on any atom is 0.319 e. The van der Waals surface area contributed by atoms with E-state index in [0.29, 0.717) is 25.7 Å². The lowest BCUT2D eigenvalue weighted by Crippen LogP contribution is -2.45. The highest BCUT2D eigenvalue weighted by Gasteiger charge is 2.27. The molecule has 1 aromatic heterocycles. The van der Waals surface area contributed by atoms with Crippen LogP contribution in [0.2, 0.25) is 0 Å². The van der Waals surface area contributed by atoms with Gasteiger partial charge in [-0.2, -0.15) is 0 Å². The number of nitrogens with one attached hydrogen (secondary N) is 3. The van der Waals surface area contributed by atoms with Crippen molar-refractivity contribution in [3.8, 4) is 11.4 Å². The molecule has 0 bridgehead atoms. The summed E-state index contributed by atoms with van der Waals surface area (Å²) in [5.41, 5.74) is 4.02. The van der Waals surface area contributed by atoms with E-state index in [1.165, 1.54) is 5.56 Å². The van der Waals surface area contributed by atoms with Crippen LogP contribution in [0.5, 0.6) is 0 Å². The lowest BCUT2D eigenvalue weighted by molar-refractivity contribution is 0.0984. The molecular weight excluding hydrogens is 416 g/mol. The smallest absolute Gasteiger partial charge is 0.319 e. The van der Waals surface area contributed by atoms with E-state index in [-0.39, 0.29) is 12.1 Å². The molecule has 2 amide bonds. The second kappa shape index (κ2) is 10.9. The number of benzene rings is 1. The Morgan fingerprint density at radius 2 is 2.09 bits per heavy atom. The number of fused-ring (bicyclic) bond motifs is 1. The van der Waals surface area contributed by atoms with Gasteiger partial charge in [-0.25, -0.2) is 14.8 Å². The van der Waals surface area contributed by atoms with Crippen molar-refractivity contribution in [1.29, 1.82) is 0 Å². The Labute approximate surface area is 196 Å². The number of morpholine rings is 1. The lowest BCUT2D eigenvalue weighted by atomic mass is 10.1. The second-order valence-corrected chi connectivity index (χ2v) is 9.33. The van der Waals surface area contributed by atoms with E-state index < -0.39 is 0 Å². The first-order chi connectivity index (χ1) is 16.0. The van der Waals surface area contributed by atoms with Crippen LogP contribution in [0, 0.1) is 5.92 Å². The Balaban J connectivity index is 1.48. The van der Waals surface area contributed by atoms with Crippen LogP contribution in [0.1, 0.15) is 44.9 Å². The molecule has 4 rings (SSSR count). The number of ether oxygens (including phenoxy) is 1. The molecule has 1 atom stereocenters. The molecule has 178 valence electrons. The van der Waals surface area contributed by atoms with Gasteiger partial charge in [0, 0.05) is 49.4 Å². The fourth-order valence-electron chi connectivity index (χ4n) is 4.32. The van der Waals surface area contributed by atoms with E-state index >= 15 is 0 Å². The van der Waals surface area contributed by atoms with Gasteiger partial charge in [0.15, 0.2) is 5.82 Å². The van der Waals surface area contributed by atoms with E-state index in [0.717, 1.165) is 67.5 Å². The molecule has 33 heavy (non-hydrogen) atoms. The van der Waals surface area contributed by atoms with Gasteiger partial charge in [0.1, 0.15) is 5.82 Å². The number of urea groups is 1. The van der Waals surface area contributed by atoms with Crippen molar-refractivity contribution in [3.63, 3.8) is 0 Å². The average molecular weight is 453 g/mol. The monoisotopic (exact) mass is 452 g/mol. The van der Waals surface area contributed by atoms with E-state index in [4.69, 9.17) is 14.7 Å². The van der Waals surface area contributed by atoms with Gasteiger partial charge in [0.25, 0.3) is 0 Å². The second-order valence-electron chi connectivity index (χ2n) is 9.33. The SMILES string of the molecule is CC(C)CCCNC(=O)Nc1ccc(-c2nc3c(c(N4CCOCC4C)n2)CNCC3)cc1. The standard InChI is InChI=1S/C25H36N6O2/c1-17(2)5-4-11-27-25(32)28-20-8-6-19(7-9-20)23-29-22-10-12-26-15-21(22)24(30-23)31-13-14-33-16-18(31)3/h6-9,17-18,26H,4-5,10-16H2,1-3H3,(H2,27,28,32). The molecule has 0 spiro atoms. The number of nitrogens with zero attached hydrogens (tertiary/aromatic N) is 3. The summed E-state index contributed by atoms with van der Waals surface area (Å²) in [7, 11) is 0. The minimum absolute atomic E-state index is 0.173. The normalized spacial score (nSPS) is 18.2. The van der Waals surface area contributed by atoms with Crippen molar-refractivity contribution in [2.45, 2.75) is 52.6 Å². The van der Waals surface area contributed by atoms with Crippen molar-refractivity contribution in [2.75, 3.05) is 43.1 Å². The summed E-state index contributed by atoms with van der Waals surface area (Å²) in [6, 6.07) is 7.87. The van der Waals surface area contributed by atoms with Crippen LogP contribution in [0.3, 0.4) is 0 Å². The number of carbonyl (C=O) groups is 1. The highest BCUT2D eigenvalue weighted by molar-refractivity contribution is 5.89. The summed E-state index contributed by atoms with van der Waals surface area (Å²) < 4.78 is 5.64. The highest BCUT2D eigenvalue weighted by Crippen LogP contribution is 2.30. The van der Waals surface area contributed by atoms with Gasteiger partial charge in [0.2, 0.25) is 0 Å². The van der Waals surface area contributed by atoms with Crippen LogP contribution in [-0.2, 0) is 17.7 Å². The first kappa shape index (κ1) is 23.4. The Hall–Kier alpha value is -2.71. The lowest BCUT2D eigenvalue weighted by Gasteiger charge is -2.36. The number of aromatic nitrogens is 2. The van der Waals surface area contributed by atoms with Gasteiger partial charge in [-0.05, 0) is 49.9 Å². The van der Waals surface area contributed by atoms with Gasteiger partial charge in [-0.1, -0.05) is 13.8 Å². The van der Waals surface area contributed by atoms with Crippen molar-refractivity contribution in [1.82, 2.24) is 20.6 Å². The van der Waals surface area contributed by atoms with E-state index in [1.54, 1.807) is 0 Å². The third kappa shape index (κ3) is 6.00. The summed E-state index contributed by atoms with van der Waals surface area (Å²) >= 11 is 0. The Bertz CT molecular complexity index is 947. The summed E-state index contributed by atoms with van der Waals surface area (Å²) in [6.07, 6.45) is 2.99. The molecule has 2 aromatic rings. The minimum Gasteiger partial charge on any atom is -0.377 e. The number of hydrogen-bond donors (Lipinski definition) is 3. The first-order valence-corrected chi connectivity index (χ1v) is 12.1. The number of carbonyl (C=O) groups excluding carboxylic acids is 1. The molecule has 2 aliphatic heterocycles. The van der Waals surface area contributed by atoms with Crippen LogP contribution in [-0.4, -0.2) is 54.9 Å². The third-order valence-electron chi connectivity index (χ3n) is 6.20. The summed E-state index contributed by atoms with van der Waals surface area (Å²) in [4.78, 5) is 24.4. The van der Waals surface area contributed by atoms with Crippen LogP contribution in [0.15, 0.2) is 24.3 Å². The molecular formula is C25H36N6O2. The number of amides is 2. The Kier molecular flexibility index (Phi) is 7.77. The average Bonchev–Trinajstić information content (AvgIpc) is 2.82. The summed E-state index contributed by atoms with van der Waals surface area (Å²) in [5, 5.41) is 9.28. The molecule has 1 saturated heterocycles. The first-order valence-electron chi connectivity index (χ1n) is 12.1. The number of hydrogen-bond acceptors (Lipinski definition) is 6. The molecule has 0 radical (unpaired) electrons. The van der Waals surface area contributed by atoms with Crippen molar-refractivity contribution < 1.29 is 9.53 Å². The highest BCUT2D eigenvalue weighted by atomic mass is 16.5. The fourth-order valence-corrected chi connectivity index (χ4v) is 4.32. The van der Waals surface area contributed by atoms with Gasteiger partial charge >= 0.3 is 6.03 Å². The molecule has 8 nitrogen and oxygen atoms in total. The van der Waals surface area contributed by atoms with Crippen molar-refractivity contribution in [2.24, 2.45) is 5.92 Å². The molecule has 1 aromatic carbocycles. The molecule has 0 aliphatic carbocycles. The van der Waals surface area contributed by atoms with Crippen LogP contribution in [0.4, 0.5) is 16.3 Å². The topological polar surface area (TPSA) is 91.4 Å². The molecule has 1 fully saturated rings. The zero-order valence-electron chi connectivity index (χ0n) is 20.0. The maximum atomic E-state index is 12.2. The maximum absolute atomic E-state index is 12.2. The predicted molar refractivity (Wildman–Crippen MR) is 132 cm³/mol. The van der Waals surface area contributed by atoms with E-state index in [9.17, 15) is 4.79 Å². The van der Waals surface area contributed by atoms with Crippen LogP contribution < -0.4 is 20.9 Å². The van der Waals surface area contributed by atoms with Gasteiger partial charge < -0.3 is 25.6 Å². The number of rotatable bonds is 7. The van der Waals surface area contributed by atoms with Crippen LogP contribution in [0.25, 0.3) is 11.4 Å². The minimum atomic E-state index is -0.173. The van der Waals surface area contributed by atoms with Gasteiger partial charge in [-0.3, -0.25) is 0 Å². The Morgan fingerprint density at radius 1 is 1.27 bits per heavy atom. The largest absolute Gasteiger partial charge is 0.377 e. The fraction of sp³-hybridized carbons (Fsp3) is 0.560. The van der Waals surface area contributed by atoms with Crippen molar-refractivity contribution >= 4 is 17.5 Å². The predicted octanol–water partition coefficient (Wildman–Crippen LogP) is 3.57. The van der Waals surface area contributed by atoms with Gasteiger partial charge in [0.05, 0.1) is 24.9 Å². The molecule has 3 heterocycles. The summed E-state index contributed by atoms with van der Waals surface area (Å²) in [6.45, 7) is 11.2. The molecule has 2 aliphatic rings. The molecule has 1 unspecified atom stereocenters.